The van der Waals surface area contributed by atoms with Crippen LogP contribution in [0.2, 0.25) is 0 Å². The molecule has 0 amide bonds. The smallest absolute Gasteiger partial charge is 0.224 e. The van der Waals surface area contributed by atoms with E-state index in [4.69, 9.17) is 9.63 Å². The topological polar surface area (TPSA) is 93.3 Å². The number of hydrogen-bond donors (Lipinski definition) is 2. The number of benzene rings is 1. The molecule has 2 rings (SSSR count). The van der Waals surface area contributed by atoms with E-state index in [9.17, 15) is 4.57 Å². The van der Waals surface area contributed by atoms with Crippen LogP contribution in [0.1, 0.15) is 16.7 Å². The number of aryl methyl sites for hydroxylation is 2. The van der Waals surface area contributed by atoms with Gasteiger partial charge in [0.15, 0.2) is 6.79 Å². The second-order valence-corrected chi connectivity index (χ2v) is 5.71. The Labute approximate surface area is 112 Å². The summed E-state index contributed by atoms with van der Waals surface area (Å²) < 4.78 is 16.8. The maximum Gasteiger partial charge on any atom is 0.224 e. The van der Waals surface area contributed by atoms with E-state index in [2.05, 4.69) is 5.43 Å². The zero-order valence-electron chi connectivity index (χ0n) is 11.2. The zero-order chi connectivity index (χ0) is 13.3. The second kappa shape index (κ2) is 6.21. The molecule has 0 aliphatic carbocycles. The number of rotatable bonds is 3. The van der Waals surface area contributed by atoms with Crippen molar-refractivity contribution in [3.05, 3.63) is 35.0 Å². The largest absolute Gasteiger partial charge is 0.412 e. The van der Waals surface area contributed by atoms with Crippen LogP contribution < -0.4 is 5.43 Å². The SMILES string of the molecule is Cc1cc2c(cc1C)C([PH](=O)OCO)=CN(C)N2.O. The molecule has 1 heterocycles. The molecule has 0 saturated carbocycles. The van der Waals surface area contributed by atoms with E-state index in [1.54, 1.807) is 11.2 Å². The molecule has 1 aromatic rings. The Kier molecular flexibility index (Phi) is 5.14. The molecular weight excluding hydrogens is 267 g/mol. The highest BCUT2D eigenvalue weighted by molar-refractivity contribution is 7.51. The molecule has 0 radical (unpaired) electrons. The lowest BCUT2D eigenvalue weighted by Crippen LogP contribution is -2.23. The first kappa shape index (κ1) is 15.7. The van der Waals surface area contributed by atoms with Gasteiger partial charge in [0.1, 0.15) is 0 Å². The molecular formula is C12H19N2O4P. The maximum atomic E-state index is 12.0. The normalized spacial score (nSPS) is 14.9. The molecule has 0 bridgehead atoms. The lowest BCUT2D eigenvalue weighted by atomic mass is 10.0. The van der Waals surface area contributed by atoms with Gasteiger partial charge in [-0.1, -0.05) is 0 Å². The second-order valence-electron chi connectivity index (χ2n) is 4.31. The molecule has 1 aliphatic heterocycles. The minimum atomic E-state index is -2.44. The number of hydrogen-bond acceptors (Lipinski definition) is 5. The van der Waals surface area contributed by atoms with Gasteiger partial charge in [0.25, 0.3) is 0 Å². The highest BCUT2D eigenvalue weighted by Crippen LogP contribution is 2.46. The van der Waals surface area contributed by atoms with Crippen LogP contribution in [0.4, 0.5) is 5.69 Å². The first-order valence-corrected chi connectivity index (χ1v) is 6.95. The Balaban J connectivity index is 0.00000180. The van der Waals surface area contributed by atoms with Crippen molar-refractivity contribution in [1.82, 2.24) is 5.01 Å². The van der Waals surface area contributed by atoms with Crippen molar-refractivity contribution < 1.29 is 19.7 Å². The fraction of sp³-hybridized carbons (Fsp3) is 0.333. The van der Waals surface area contributed by atoms with E-state index in [-0.39, 0.29) is 5.48 Å². The average Bonchev–Trinajstić information content (AvgIpc) is 2.30. The van der Waals surface area contributed by atoms with Crippen molar-refractivity contribution in [2.75, 3.05) is 19.3 Å². The predicted molar refractivity (Wildman–Crippen MR) is 76.1 cm³/mol. The number of nitrogens with one attached hydrogen (secondary N) is 1. The van der Waals surface area contributed by atoms with Crippen molar-refractivity contribution in [3.8, 4) is 0 Å². The number of anilines is 1. The highest BCUT2D eigenvalue weighted by Gasteiger charge is 2.20. The number of nitrogens with zero attached hydrogens (tertiary/aromatic N) is 1. The Hall–Kier alpha value is -1.33. The fourth-order valence-corrected chi connectivity index (χ4v) is 2.91. The zero-order valence-corrected chi connectivity index (χ0v) is 12.2. The first-order valence-electron chi connectivity index (χ1n) is 5.64. The summed E-state index contributed by atoms with van der Waals surface area (Å²) in [5.41, 5.74) is 7.24. The van der Waals surface area contributed by atoms with Gasteiger partial charge in [-0.15, -0.1) is 0 Å². The summed E-state index contributed by atoms with van der Waals surface area (Å²) in [6.45, 7) is 3.50. The van der Waals surface area contributed by atoms with Crippen LogP contribution in [0.15, 0.2) is 18.3 Å². The van der Waals surface area contributed by atoms with Crippen molar-refractivity contribution in [2.45, 2.75) is 13.8 Å². The summed E-state index contributed by atoms with van der Waals surface area (Å²) in [5.74, 6) is 0. The molecule has 0 fully saturated rings. The lowest BCUT2D eigenvalue weighted by Gasteiger charge is -2.27. The Bertz CT molecular complexity index is 531. The van der Waals surface area contributed by atoms with Crippen LogP contribution in [0.3, 0.4) is 0 Å². The van der Waals surface area contributed by atoms with Gasteiger partial charge in [-0.25, -0.2) is 0 Å². The van der Waals surface area contributed by atoms with Crippen LogP contribution in [-0.4, -0.2) is 29.4 Å². The van der Waals surface area contributed by atoms with Gasteiger partial charge in [-0.2, -0.15) is 0 Å². The average molecular weight is 286 g/mol. The minimum absolute atomic E-state index is 0. The van der Waals surface area contributed by atoms with E-state index >= 15 is 0 Å². The summed E-state index contributed by atoms with van der Waals surface area (Å²) in [4.78, 5) is 0. The van der Waals surface area contributed by atoms with E-state index in [1.165, 1.54) is 5.56 Å². The van der Waals surface area contributed by atoms with Gasteiger partial charge < -0.3 is 10.6 Å². The third-order valence-corrected chi connectivity index (χ3v) is 4.19. The van der Waals surface area contributed by atoms with Gasteiger partial charge in [-0.3, -0.25) is 19.5 Å². The molecule has 106 valence electrons. The van der Waals surface area contributed by atoms with Gasteiger partial charge in [0.05, 0.1) is 11.0 Å². The Morgan fingerprint density at radius 3 is 2.63 bits per heavy atom. The lowest BCUT2D eigenvalue weighted by molar-refractivity contribution is 0.109. The molecule has 0 saturated heterocycles. The summed E-state index contributed by atoms with van der Waals surface area (Å²) in [6, 6.07) is 4.00. The number of aliphatic hydroxyl groups is 1. The Morgan fingerprint density at radius 2 is 2.00 bits per heavy atom. The molecule has 1 unspecified atom stereocenters. The Morgan fingerprint density at radius 1 is 1.37 bits per heavy atom. The number of fused-ring (bicyclic) bond motifs is 1. The maximum absolute atomic E-state index is 12.0. The van der Waals surface area contributed by atoms with E-state index < -0.39 is 14.8 Å². The van der Waals surface area contributed by atoms with E-state index in [0.29, 0.717) is 5.31 Å². The number of hydrazine groups is 1. The molecule has 7 heteroatoms. The summed E-state index contributed by atoms with van der Waals surface area (Å²) in [6.07, 6.45) is 1.73. The third-order valence-electron chi connectivity index (χ3n) is 2.96. The predicted octanol–water partition coefficient (Wildman–Crippen LogP) is 1.49. The summed E-state index contributed by atoms with van der Waals surface area (Å²) >= 11 is 0. The number of aliphatic hydroxyl groups excluding tert-OH is 1. The standard InChI is InChI=1S/C12H17N2O3P.H2O/c1-8-4-10-11(5-9(8)2)13-14(3)6-12(10)18(16)17-7-15;/h4-6,13,15,18H,7H2,1-3H3;1H2. The fourth-order valence-electron chi connectivity index (χ4n) is 1.92. The molecule has 4 N–H and O–H groups in total. The minimum Gasteiger partial charge on any atom is -0.412 e. The molecule has 0 aromatic heterocycles. The van der Waals surface area contributed by atoms with Gasteiger partial charge in [-0.05, 0) is 37.1 Å². The van der Waals surface area contributed by atoms with Crippen LogP contribution in [0.25, 0.3) is 5.31 Å². The molecule has 6 nitrogen and oxygen atoms in total. The van der Waals surface area contributed by atoms with Crippen molar-refractivity contribution in [1.29, 1.82) is 0 Å². The van der Waals surface area contributed by atoms with E-state index in [1.807, 2.05) is 33.0 Å². The third kappa shape index (κ3) is 3.16. The molecule has 19 heavy (non-hydrogen) atoms. The molecule has 0 spiro atoms. The van der Waals surface area contributed by atoms with Crippen LogP contribution >= 0.6 is 8.03 Å². The van der Waals surface area contributed by atoms with Crippen LogP contribution in [0, 0.1) is 13.8 Å². The summed E-state index contributed by atoms with van der Waals surface area (Å²) in [5, 5.41) is 11.1. The first-order chi connectivity index (χ1) is 8.52. The van der Waals surface area contributed by atoms with E-state index in [0.717, 1.165) is 16.8 Å². The molecule has 1 aromatic carbocycles. The van der Waals surface area contributed by atoms with Gasteiger partial charge >= 0.3 is 0 Å². The monoisotopic (exact) mass is 286 g/mol. The quantitative estimate of drug-likeness (QED) is 0.648. The summed E-state index contributed by atoms with van der Waals surface area (Å²) in [7, 11) is -0.610. The molecule has 1 aliphatic rings. The highest BCUT2D eigenvalue weighted by atomic mass is 31.1. The van der Waals surface area contributed by atoms with Crippen molar-refractivity contribution in [3.63, 3.8) is 0 Å². The molecule has 1 atom stereocenters. The van der Waals surface area contributed by atoms with Gasteiger partial charge in [0, 0.05) is 18.8 Å². The van der Waals surface area contributed by atoms with Crippen molar-refractivity contribution >= 4 is 19.0 Å². The van der Waals surface area contributed by atoms with Crippen LogP contribution in [0.5, 0.6) is 0 Å². The van der Waals surface area contributed by atoms with Gasteiger partial charge in [0.2, 0.25) is 8.03 Å². The van der Waals surface area contributed by atoms with Crippen molar-refractivity contribution in [2.24, 2.45) is 0 Å². The van der Waals surface area contributed by atoms with Crippen LogP contribution in [-0.2, 0) is 9.09 Å².